The first-order valence-electron chi connectivity index (χ1n) is 6.28. The van der Waals surface area contributed by atoms with Gasteiger partial charge in [-0.1, -0.05) is 0 Å². The van der Waals surface area contributed by atoms with Gasteiger partial charge in [-0.05, 0) is 36.1 Å². The van der Waals surface area contributed by atoms with Crippen LogP contribution in [-0.4, -0.2) is 26.6 Å². The average Bonchev–Trinajstić information content (AvgIpc) is 2.83. The summed E-state index contributed by atoms with van der Waals surface area (Å²) in [4.78, 5) is 10.9. The molecular weight excluding hydrogens is 326 g/mol. The van der Waals surface area contributed by atoms with E-state index in [4.69, 9.17) is 9.84 Å². The Labute approximate surface area is 132 Å². The Balaban J connectivity index is 2.38. The number of rotatable bonds is 6. The fourth-order valence-electron chi connectivity index (χ4n) is 1.89. The van der Waals surface area contributed by atoms with Crippen molar-refractivity contribution < 1.29 is 23.1 Å². The van der Waals surface area contributed by atoms with Crippen molar-refractivity contribution in [1.82, 2.24) is 0 Å². The number of methoxy groups -OCH3 is 1. The predicted octanol–water partition coefficient (Wildman–Crippen LogP) is 2.49. The van der Waals surface area contributed by atoms with Crippen LogP contribution in [0, 0.1) is 6.92 Å². The molecule has 8 heteroatoms. The molecule has 2 aromatic rings. The van der Waals surface area contributed by atoms with E-state index in [0.717, 1.165) is 5.56 Å². The molecule has 2 N–H and O–H groups in total. The molecule has 22 heavy (non-hydrogen) atoms. The number of carbonyl (C=O) groups is 1. The summed E-state index contributed by atoms with van der Waals surface area (Å²) < 4.78 is 32.3. The lowest BCUT2D eigenvalue weighted by molar-refractivity contribution is -0.136. The highest BCUT2D eigenvalue weighted by Crippen LogP contribution is 2.26. The van der Waals surface area contributed by atoms with E-state index in [9.17, 15) is 13.2 Å². The van der Waals surface area contributed by atoms with Crippen LogP contribution in [0.25, 0.3) is 0 Å². The molecule has 1 aromatic carbocycles. The molecule has 0 amide bonds. The second-order valence-electron chi connectivity index (χ2n) is 4.62. The van der Waals surface area contributed by atoms with E-state index in [1.165, 1.54) is 36.6 Å². The smallest absolute Gasteiger partial charge is 0.307 e. The van der Waals surface area contributed by atoms with Crippen molar-refractivity contribution in [3.63, 3.8) is 0 Å². The van der Waals surface area contributed by atoms with Crippen molar-refractivity contribution in [2.45, 2.75) is 18.2 Å². The van der Waals surface area contributed by atoms with Crippen molar-refractivity contribution in [2.75, 3.05) is 11.8 Å². The monoisotopic (exact) mass is 341 g/mol. The molecule has 0 aliphatic carbocycles. The lowest BCUT2D eigenvalue weighted by atomic mass is 10.1. The Morgan fingerprint density at radius 2 is 2.09 bits per heavy atom. The SMILES string of the molecule is COc1ccc(S(=O)(=O)Nc2cscc2C)cc1CC(=O)O. The Kier molecular flexibility index (Phi) is 4.72. The topological polar surface area (TPSA) is 92.7 Å². The van der Waals surface area contributed by atoms with Crippen LogP contribution in [0.2, 0.25) is 0 Å². The summed E-state index contributed by atoms with van der Waals surface area (Å²) in [6.07, 6.45) is -0.315. The van der Waals surface area contributed by atoms with Gasteiger partial charge in [-0.15, -0.1) is 11.3 Å². The largest absolute Gasteiger partial charge is 0.496 e. The minimum Gasteiger partial charge on any atom is -0.496 e. The number of carboxylic acids is 1. The molecule has 0 atom stereocenters. The number of hydrogen-bond donors (Lipinski definition) is 2. The summed E-state index contributed by atoms with van der Waals surface area (Å²) in [5.74, 6) is -0.720. The standard InChI is InChI=1S/C14H15NO5S2/c1-9-7-21-8-12(9)15-22(18,19)11-3-4-13(20-2)10(5-11)6-14(16)17/h3-5,7-8,15H,6H2,1-2H3,(H,16,17). The maximum Gasteiger partial charge on any atom is 0.307 e. The van der Waals surface area contributed by atoms with Gasteiger partial charge in [-0.2, -0.15) is 0 Å². The number of anilines is 1. The van der Waals surface area contributed by atoms with Crippen molar-refractivity contribution >= 4 is 33.0 Å². The van der Waals surface area contributed by atoms with E-state index in [0.29, 0.717) is 17.0 Å². The van der Waals surface area contributed by atoms with Gasteiger partial charge in [0.2, 0.25) is 0 Å². The minimum atomic E-state index is -3.78. The number of aliphatic carboxylic acids is 1. The molecule has 1 aromatic heterocycles. The van der Waals surface area contributed by atoms with Gasteiger partial charge in [0.25, 0.3) is 10.0 Å². The van der Waals surface area contributed by atoms with Crippen LogP contribution in [-0.2, 0) is 21.2 Å². The van der Waals surface area contributed by atoms with Crippen LogP contribution in [0.15, 0.2) is 33.9 Å². The molecule has 0 unspecified atom stereocenters. The van der Waals surface area contributed by atoms with Crippen LogP contribution in [0.4, 0.5) is 5.69 Å². The van der Waals surface area contributed by atoms with Crippen LogP contribution in [0.1, 0.15) is 11.1 Å². The zero-order valence-corrected chi connectivity index (χ0v) is 13.6. The first-order valence-corrected chi connectivity index (χ1v) is 8.70. The van der Waals surface area contributed by atoms with Crippen molar-refractivity contribution in [2.24, 2.45) is 0 Å². The quantitative estimate of drug-likeness (QED) is 0.842. The zero-order valence-electron chi connectivity index (χ0n) is 12.0. The second kappa shape index (κ2) is 6.37. The summed E-state index contributed by atoms with van der Waals surface area (Å²) in [5, 5.41) is 12.4. The third-order valence-electron chi connectivity index (χ3n) is 3.00. The van der Waals surface area contributed by atoms with Crippen molar-refractivity contribution in [1.29, 1.82) is 0 Å². The molecule has 0 fully saturated rings. The van der Waals surface area contributed by atoms with E-state index in [1.54, 1.807) is 12.3 Å². The van der Waals surface area contributed by atoms with Gasteiger partial charge in [0.15, 0.2) is 0 Å². The molecule has 0 spiro atoms. The lowest BCUT2D eigenvalue weighted by Crippen LogP contribution is -2.14. The van der Waals surface area contributed by atoms with Gasteiger partial charge < -0.3 is 9.84 Å². The summed E-state index contributed by atoms with van der Waals surface area (Å²) in [7, 11) is -2.38. The Morgan fingerprint density at radius 1 is 1.36 bits per heavy atom. The van der Waals surface area contributed by atoms with Crippen molar-refractivity contribution in [3.05, 3.63) is 40.1 Å². The molecule has 0 saturated heterocycles. The molecule has 6 nitrogen and oxygen atoms in total. The summed E-state index contributed by atoms with van der Waals surface area (Å²) in [6.45, 7) is 1.80. The van der Waals surface area contributed by atoms with Gasteiger partial charge in [0.1, 0.15) is 5.75 Å². The molecule has 1 heterocycles. The second-order valence-corrected chi connectivity index (χ2v) is 7.04. The van der Waals surface area contributed by atoms with E-state index in [2.05, 4.69) is 4.72 Å². The molecular formula is C14H15NO5S2. The van der Waals surface area contributed by atoms with Crippen LogP contribution in [0.5, 0.6) is 5.75 Å². The van der Waals surface area contributed by atoms with Crippen LogP contribution >= 0.6 is 11.3 Å². The normalized spacial score (nSPS) is 11.2. The molecule has 0 radical (unpaired) electrons. The van der Waals surface area contributed by atoms with Gasteiger partial charge >= 0.3 is 5.97 Å². The summed E-state index contributed by atoms with van der Waals surface area (Å²) in [6, 6.07) is 4.15. The first kappa shape index (κ1) is 16.3. The van der Waals surface area contributed by atoms with Crippen LogP contribution in [0.3, 0.4) is 0 Å². The average molecular weight is 341 g/mol. The van der Waals surface area contributed by atoms with Gasteiger partial charge in [0, 0.05) is 10.9 Å². The van der Waals surface area contributed by atoms with Gasteiger partial charge in [-0.3, -0.25) is 9.52 Å². The minimum absolute atomic E-state index is 0.00449. The Bertz CT molecular complexity index is 795. The number of ether oxygens (including phenoxy) is 1. The molecule has 2 rings (SSSR count). The number of thiophene rings is 1. The van der Waals surface area contributed by atoms with E-state index < -0.39 is 16.0 Å². The number of benzene rings is 1. The van der Waals surface area contributed by atoms with E-state index in [-0.39, 0.29) is 11.3 Å². The molecule has 118 valence electrons. The zero-order chi connectivity index (χ0) is 16.3. The first-order chi connectivity index (χ1) is 10.3. The number of nitrogens with one attached hydrogen (secondary N) is 1. The Morgan fingerprint density at radius 3 is 2.64 bits per heavy atom. The highest BCUT2D eigenvalue weighted by molar-refractivity contribution is 7.92. The fourth-order valence-corrected chi connectivity index (χ4v) is 3.92. The predicted molar refractivity (Wildman–Crippen MR) is 84.2 cm³/mol. The number of carboxylic acid groups (broad SMARTS) is 1. The number of sulfonamides is 1. The molecule has 0 aliphatic heterocycles. The Hall–Kier alpha value is -2.06. The molecule has 0 aliphatic rings. The summed E-state index contributed by atoms with van der Waals surface area (Å²) in [5.41, 5.74) is 1.65. The fraction of sp³-hybridized carbons (Fsp3) is 0.214. The number of hydrogen-bond acceptors (Lipinski definition) is 5. The maximum atomic E-state index is 12.4. The highest BCUT2D eigenvalue weighted by atomic mass is 32.2. The number of aryl methyl sites for hydroxylation is 1. The third-order valence-corrected chi connectivity index (χ3v) is 5.23. The molecule has 0 saturated carbocycles. The van der Waals surface area contributed by atoms with Gasteiger partial charge in [0.05, 0.1) is 24.1 Å². The van der Waals surface area contributed by atoms with Crippen molar-refractivity contribution in [3.8, 4) is 5.75 Å². The van der Waals surface area contributed by atoms with Gasteiger partial charge in [-0.25, -0.2) is 8.42 Å². The van der Waals surface area contributed by atoms with E-state index >= 15 is 0 Å². The molecule has 0 bridgehead atoms. The summed E-state index contributed by atoms with van der Waals surface area (Å²) >= 11 is 1.40. The highest BCUT2D eigenvalue weighted by Gasteiger charge is 2.18. The van der Waals surface area contributed by atoms with E-state index in [1.807, 2.05) is 5.38 Å². The van der Waals surface area contributed by atoms with Crippen LogP contribution < -0.4 is 9.46 Å². The lowest BCUT2D eigenvalue weighted by Gasteiger charge is -2.11. The third kappa shape index (κ3) is 3.58. The maximum absolute atomic E-state index is 12.4.